The Morgan fingerprint density at radius 2 is 1.93 bits per heavy atom. The van der Waals surface area contributed by atoms with Gasteiger partial charge in [0.25, 0.3) is 0 Å². The highest BCUT2D eigenvalue weighted by Gasteiger charge is 2.42. The maximum absolute atomic E-state index is 11.9. The van der Waals surface area contributed by atoms with Crippen LogP contribution in [0.4, 0.5) is 0 Å². The molecular weight excluding hydrogens is 214 g/mol. The van der Waals surface area contributed by atoms with Crippen molar-refractivity contribution in [2.45, 2.75) is 56.7 Å². The summed E-state index contributed by atoms with van der Waals surface area (Å²) in [6.45, 7) is 0. The molecule has 0 radical (unpaired) electrons. The molecular formula is C11H18ClNO2. The first-order chi connectivity index (χ1) is 7.22. The van der Waals surface area contributed by atoms with E-state index in [9.17, 15) is 9.90 Å². The van der Waals surface area contributed by atoms with Gasteiger partial charge in [0.15, 0.2) is 0 Å². The van der Waals surface area contributed by atoms with Gasteiger partial charge in [0, 0.05) is 24.4 Å². The van der Waals surface area contributed by atoms with E-state index in [-0.39, 0.29) is 12.0 Å². The number of alkyl halides is 1. The van der Waals surface area contributed by atoms with E-state index >= 15 is 0 Å². The molecule has 4 heteroatoms. The number of nitrogens with zero attached hydrogens (tertiary/aromatic N) is 1. The Balaban J connectivity index is 1.95. The number of aliphatic hydroxyl groups excluding tert-OH is 1. The zero-order valence-electron chi connectivity index (χ0n) is 8.86. The second-order valence-corrected chi connectivity index (χ2v) is 4.98. The number of hydrogen-bond acceptors (Lipinski definition) is 2. The molecule has 2 atom stereocenters. The van der Waals surface area contributed by atoms with Gasteiger partial charge >= 0.3 is 0 Å². The van der Waals surface area contributed by atoms with Crippen molar-refractivity contribution in [2.75, 3.05) is 5.88 Å². The minimum atomic E-state index is -0.195. The van der Waals surface area contributed by atoms with E-state index in [0.717, 1.165) is 32.1 Å². The highest BCUT2D eigenvalue weighted by Crippen LogP contribution is 2.36. The van der Waals surface area contributed by atoms with Gasteiger partial charge in [0.2, 0.25) is 5.91 Å². The van der Waals surface area contributed by atoms with Crippen molar-refractivity contribution in [3.63, 3.8) is 0 Å². The Bertz CT molecular complexity index is 233. The highest BCUT2D eigenvalue weighted by atomic mass is 35.5. The zero-order chi connectivity index (χ0) is 10.8. The molecule has 0 saturated carbocycles. The van der Waals surface area contributed by atoms with Gasteiger partial charge in [0.05, 0.1) is 6.10 Å². The molecule has 0 spiro atoms. The lowest BCUT2D eigenvalue weighted by atomic mass is 9.99. The van der Waals surface area contributed by atoms with Crippen LogP contribution in [-0.2, 0) is 4.79 Å². The summed E-state index contributed by atoms with van der Waals surface area (Å²) in [7, 11) is 0. The van der Waals surface area contributed by atoms with E-state index in [1.54, 1.807) is 0 Å². The first-order valence-electron chi connectivity index (χ1n) is 5.77. The van der Waals surface area contributed by atoms with Crippen molar-refractivity contribution in [3.8, 4) is 0 Å². The first-order valence-corrected chi connectivity index (χ1v) is 6.31. The summed E-state index contributed by atoms with van der Waals surface area (Å²) in [6, 6.07) is 0.586. The summed E-state index contributed by atoms with van der Waals surface area (Å²) in [5, 5.41) is 9.61. The molecule has 2 unspecified atom stereocenters. The van der Waals surface area contributed by atoms with Gasteiger partial charge < -0.3 is 10.0 Å². The van der Waals surface area contributed by atoms with Gasteiger partial charge in [-0.25, -0.2) is 0 Å². The van der Waals surface area contributed by atoms with Crippen LogP contribution >= 0.6 is 11.6 Å². The van der Waals surface area contributed by atoms with Gasteiger partial charge in [0.1, 0.15) is 0 Å². The first kappa shape index (κ1) is 11.2. The van der Waals surface area contributed by atoms with Crippen LogP contribution in [0.5, 0.6) is 0 Å². The van der Waals surface area contributed by atoms with Crippen molar-refractivity contribution in [2.24, 2.45) is 0 Å². The smallest absolute Gasteiger partial charge is 0.223 e. The molecule has 1 N–H and O–H groups in total. The molecule has 0 aromatic carbocycles. The predicted molar refractivity (Wildman–Crippen MR) is 58.9 cm³/mol. The standard InChI is InChI=1S/C11H18ClNO2/c12-5-1-2-11(15)13-8-3-4-9(13)7-10(14)6-8/h8-10,14H,1-7H2. The largest absolute Gasteiger partial charge is 0.393 e. The van der Waals surface area contributed by atoms with Crippen molar-refractivity contribution in [3.05, 3.63) is 0 Å². The molecule has 2 aliphatic heterocycles. The van der Waals surface area contributed by atoms with Crippen LogP contribution in [-0.4, -0.2) is 40.0 Å². The molecule has 0 aromatic rings. The molecule has 0 aromatic heterocycles. The fourth-order valence-electron chi connectivity index (χ4n) is 2.90. The van der Waals surface area contributed by atoms with E-state index < -0.39 is 0 Å². The van der Waals surface area contributed by atoms with E-state index in [0.29, 0.717) is 24.4 Å². The summed E-state index contributed by atoms with van der Waals surface area (Å²) in [6.07, 6.45) is 4.79. The molecule has 2 aliphatic rings. The number of carbonyl (C=O) groups is 1. The van der Waals surface area contributed by atoms with Crippen molar-refractivity contribution in [1.82, 2.24) is 4.90 Å². The SMILES string of the molecule is O=C(CCCCl)N1C2CCC1CC(O)C2. The Morgan fingerprint density at radius 3 is 2.47 bits per heavy atom. The lowest BCUT2D eigenvalue weighted by Gasteiger charge is -2.37. The number of aliphatic hydroxyl groups is 1. The summed E-state index contributed by atoms with van der Waals surface area (Å²) in [5.41, 5.74) is 0. The fourth-order valence-corrected chi connectivity index (χ4v) is 3.04. The number of fused-ring (bicyclic) bond motifs is 2. The van der Waals surface area contributed by atoms with Crippen LogP contribution in [0.25, 0.3) is 0 Å². The summed E-state index contributed by atoms with van der Waals surface area (Å²) >= 11 is 5.59. The van der Waals surface area contributed by atoms with Crippen molar-refractivity contribution >= 4 is 17.5 Å². The van der Waals surface area contributed by atoms with Crippen LogP contribution in [0.3, 0.4) is 0 Å². The third-order valence-corrected chi connectivity index (χ3v) is 3.79. The number of hydrogen-bond donors (Lipinski definition) is 1. The number of piperidine rings is 1. The van der Waals surface area contributed by atoms with Gasteiger partial charge in [-0.15, -0.1) is 11.6 Å². The number of amides is 1. The van der Waals surface area contributed by atoms with E-state index in [2.05, 4.69) is 0 Å². The van der Waals surface area contributed by atoms with Crippen LogP contribution < -0.4 is 0 Å². The van der Waals surface area contributed by atoms with Gasteiger partial charge in [-0.1, -0.05) is 0 Å². The summed E-state index contributed by atoms with van der Waals surface area (Å²) < 4.78 is 0. The van der Waals surface area contributed by atoms with E-state index in [1.807, 2.05) is 4.90 Å². The molecule has 2 heterocycles. The molecule has 3 nitrogen and oxygen atoms in total. The molecule has 2 bridgehead atoms. The monoisotopic (exact) mass is 231 g/mol. The molecule has 1 amide bonds. The fraction of sp³-hybridized carbons (Fsp3) is 0.909. The highest BCUT2D eigenvalue weighted by molar-refractivity contribution is 6.17. The molecule has 86 valence electrons. The Labute approximate surface area is 95.4 Å². The average molecular weight is 232 g/mol. The normalized spacial score (nSPS) is 34.5. The quantitative estimate of drug-likeness (QED) is 0.749. The van der Waals surface area contributed by atoms with Gasteiger partial charge in [-0.05, 0) is 32.1 Å². The lowest BCUT2D eigenvalue weighted by Crippen LogP contribution is -2.47. The predicted octanol–water partition coefficient (Wildman–Crippen LogP) is 1.52. The molecule has 15 heavy (non-hydrogen) atoms. The van der Waals surface area contributed by atoms with E-state index in [1.165, 1.54) is 0 Å². The summed E-state index contributed by atoms with van der Waals surface area (Å²) in [5.74, 6) is 0.785. The Kier molecular flexibility index (Phi) is 3.52. The molecule has 0 aliphatic carbocycles. The number of rotatable bonds is 3. The van der Waals surface area contributed by atoms with Crippen LogP contribution in [0.1, 0.15) is 38.5 Å². The van der Waals surface area contributed by atoms with Gasteiger partial charge in [-0.3, -0.25) is 4.79 Å². The van der Waals surface area contributed by atoms with Crippen molar-refractivity contribution in [1.29, 1.82) is 0 Å². The van der Waals surface area contributed by atoms with Crippen LogP contribution in [0.2, 0.25) is 0 Å². The maximum Gasteiger partial charge on any atom is 0.223 e. The van der Waals surface area contributed by atoms with Crippen LogP contribution in [0, 0.1) is 0 Å². The third kappa shape index (κ3) is 2.28. The molecule has 2 saturated heterocycles. The second kappa shape index (κ2) is 4.71. The van der Waals surface area contributed by atoms with Crippen molar-refractivity contribution < 1.29 is 9.90 Å². The topological polar surface area (TPSA) is 40.5 Å². The molecule has 2 rings (SSSR count). The zero-order valence-corrected chi connectivity index (χ0v) is 9.62. The molecule has 2 fully saturated rings. The number of halogens is 1. The third-order valence-electron chi connectivity index (χ3n) is 3.52. The minimum Gasteiger partial charge on any atom is -0.393 e. The summed E-state index contributed by atoms with van der Waals surface area (Å²) in [4.78, 5) is 13.9. The second-order valence-electron chi connectivity index (χ2n) is 4.60. The van der Waals surface area contributed by atoms with Crippen LogP contribution in [0.15, 0.2) is 0 Å². The van der Waals surface area contributed by atoms with E-state index in [4.69, 9.17) is 11.6 Å². The Hall–Kier alpha value is -0.280. The average Bonchev–Trinajstić information content (AvgIpc) is 2.48. The number of carbonyl (C=O) groups excluding carboxylic acids is 1. The minimum absolute atomic E-state index is 0.195. The Morgan fingerprint density at radius 1 is 1.33 bits per heavy atom. The lowest BCUT2D eigenvalue weighted by molar-refractivity contribution is -0.137. The van der Waals surface area contributed by atoms with Gasteiger partial charge in [-0.2, -0.15) is 0 Å². The maximum atomic E-state index is 11.9.